The van der Waals surface area contributed by atoms with Crippen molar-refractivity contribution in [3.05, 3.63) is 11.4 Å². The molecule has 1 aromatic rings. The smallest absolute Gasteiger partial charge is 0.273 e. The molecular formula is C12H16ClN3O3S. The molecule has 2 fully saturated rings. The van der Waals surface area contributed by atoms with Crippen LogP contribution < -0.4 is 5.32 Å². The molecule has 0 aliphatic heterocycles. The van der Waals surface area contributed by atoms with Crippen molar-refractivity contribution in [3.63, 3.8) is 0 Å². The van der Waals surface area contributed by atoms with E-state index in [0.29, 0.717) is 11.6 Å². The van der Waals surface area contributed by atoms with Crippen LogP contribution in [0.3, 0.4) is 0 Å². The molecule has 1 aromatic heterocycles. The topological polar surface area (TPSA) is 91.9 Å². The fourth-order valence-corrected chi connectivity index (χ4v) is 3.98. The number of amides is 1. The standard InChI is InChI=1S/C12H16ClN3O3S/c1-6-4-8(5-6)14-12(17)10-11(20(13,18)19)9(15-16-10)7-2-3-7/h6-8H,2-5H2,1H3,(H,14,17)(H,15,16). The normalized spacial score (nSPS) is 26.1. The van der Waals surface area contributed by atoms with Gasteiger partial charge in [-0.1, -0.05) is 6.92 Å². The second-order valence-corrected chi connectivity index (χ2v) is 8.28. The summed E-state index contributed by atoms with van der Waals surface area (Å²) in [4.78, 5) is 12.0. The van der Waals surface area contributed by atoms with Gasteiger partial charge in [0.25, 0.3) is 15.0 Å². The molecule has 2 saturated carbocycles. The molecule has 1 heterocycles. The van der Waals surface area contributed by atoms with Gasteiger partial charge >= 0.3 is 0 Å². The van der Waals surface area contributed by atoms with E-state index in [1.54, 1.807) is 0 Å². The van der Waals surface area contributed by atoms with Gasteiger partial charge in [-0.05, 0) is 31.6 Å². The SMILES string of the molecule is CC1CC(NC(=O)c2n[nH]c(C3CC3)c2S(=O)(=O)Cl)C1. The second-order valence-electron chi connectivity index (χ2n) is 5.77. The summed E-state index contributed by atoms with van der Waals surface area (Å²) in [6.07, 6.45) is 3.61. The molecule has 0 radical (unpaired) electrons. The molecule has 2 aliphatic carbocycles. The summed E-state index contributed by atoms with van der Waals surface area (Å²) in [6, 6.07) is 0.101. The molecule has 0 bridgehead atoms. The summed E-state index contributed by atoms with van der Waals surface area (Å²) in [5.41, 5.74) is 0.355. The monoisotopic (exact) mass is 317 g/mol. The lowest BCUT2D eigenvalue weighted by Gasteiger charge is -2.33. The van der Waals surface area contributed by atoms with Crippen LogP contribution >= 0.6 is 10.7 Å². The van der Waals surface area contributed by atoms with Gasteiger partial charge in [-0.15, -0.1) is 0 Å². The van der Waals surface area contributed by atoms with Crippen LogP contribution in [-0.2, 0) is 9.05 Å². The summed E-state index contributed by atoms with van der Waals surface area (Å²) < 4.78 is 23.4. The Morgan fingerprint density at radius 1 is 1.40 bits per heavy atom. The van der Waals surface area contributed by atoms with Crippen LogP contribution in [0.15, 0.2) is 4.90 Å². The molecule has 0 atom stereocenters. The van der Waals surface area contributed by atoms with Crippen molar-refractivity contribution in [1.82, 2.24) is 15.5 Å². The average molecular weight is 318 g/mol. The molecule has 0 saturated heterocycles. The highest BCUT2D eigenvalue weighted by Gasteiger charge is 2.37. The van der Waals surface area contributed by atoms with Crippen molar-refractivity contribution in [2.45, 2.75) is 49.5 Å². The number of halogens is 1. The van der Waals surface area contributed by atoms with Crippen LogP contribution in [0.5, 0.6) is 0 Å². The quantitative estimate of drug-likeness (QED) is 0.827. The van der Waals surface area contributed by atoms with Gasteiger partial charge in [0.05, 0.1) is 5.69 Å². The minimum atomic E-state index is -3.99. The van der Waals surface area contributed by atoms with Crippen molar-refractivity contribution in [1.29, 1.82) is 0 Å². The maximum absolute atomic E-state index is 12.2. The largest absolute Gasteiger partial charge is 0.348 e. The van der Waals surface area contributed by atoms with E-state index < -0.39 is 15.0 Å². The number of rotatable bonds is 4. The van der Waals surface area contributed by atoms with Crippen LogP contribution in [0.1, 0.15) is 54.7 Å². The summed E-state index contributed by atoms with van der Waals surface area (Å²) in [5.74, 6) is 0.248. The van der Waals surface area contributed by atoms with E-state index >= 15 is 0 Å². The van der Waals surface area contributed by atoms with Crippen LogP contribution in [0, 0.1) is 5.92 Å². The molecule has 2 N–H and O–H groups in total. The van der Waals surface area contributed by atoms with Gasteiger partial charge in [0.1, 0.15) is 4.90 Å². The number of aromatic nitrogens is 2. The number of carbonyl (C=O) groups excluding carboxylic acids is 1. The molecule has 2 aliphatic rings. The zero-order valence-corrected chi connectivity index (χ0v) is 12.6. The Bertz CT molecular complexity index is 645. The molecule has 20 heavy (non-hydrogen) atoms. The summed E-state index contributed by atoms with van der Waals surface area (Å²) >= 11 is 0. The Morgan fingerprint density at radius 3 is 2.55 bits per heavy atom. The van der Waals surface area contributed by atoms with Gasteiger partial charge in [0.15, 0.2) is 5.69 Å². The Balaban J connectivity index is 1.87. The lowest BCUT2D eigenvalue weighted by atomic mass is 9.82. The molecule has 0 aromatic carbocycles. The van der Waals surface area contributed by atoms with Crippen LogP contribution in [-0.4, -0.2) is 30.6 Å². The highest BCUT2D eigenvalue weighted by Crippen LogP contribution is 2.43. The number of carbonyl (C=O) groups is 1. The maximum Gasteiger partial charge on any atom is 0.273 e. The summed E-state index contributed by atoms with van der Waals surface area (Å²) in [6.45, 7) is 2.11. The lowest BCUT2D eigenvalue weighted by Crippen LogP contribution is -2.43. The molecule has 1 amide bonds. The minimum absolute atomic E-state index is 0.101. The minimum Gasteiger partial charge on any atom is -0.348 e. The van der Waals surface area contributed by atoms with Gasteiger partial charge in [-0.3, -0.25) is 9.89 Å². The maximum atomic E-state index is 12.2. The van der Waals surface area contributed by atoms with Crippen LogP contribution in [0.25, 0.3) is 0 Å². The van der Waals surface area contributed by atoms with E-state index in [4.69, 9.17) is 10.7 Å². The molecule has 8 heteroatoms. The molecule has 0 unspecified atom stereocenters. The molecule has 3 rings (SSSR count). The highest BCUT2D eigenvalue weighted by atomic mass is 35.7. The van der Waals surface area contributed by atoms with Crippen molar-refractivity contribution in [2.24, 2.45) is 5.92 Å². The second kappa shape index (κ2) is 4.73. The fourth-order valence-electron chi connectivity index (χ4n) is 2.67. The van der Waals surface area contributed by atoms with Crippen molar-refractivity contribution < 1.29 is 13.2 Å². The van der Waals surface area contributed by atoms with E-state index in [2.05, 4.69) is 22.4 Å². The number of H-pyrrole nitrogens is 1. The van der Waals surface area contributed by atoms with E-state index in [0.717, 1.165) is 25.7 Å². The van der Waals surface area contributed by atoms with E-state index in [1.807, 2.05) is 0 Å². The highest BCUT2D eigenvalue weighted by molar-refractivity contribution is 8.13. The third-order valence-corrected chi connectivity index (χ3v) is 5.27. The summed E-state index contributed by atoms with van der Waals surface area (Å²) in [5, 5.41) is 9.34. The number of nitrogens with zero attached hydrogens (tertiary/aromatic N) is 1. The first-order valence-corrected chi connectivity index (χ1v) is 9.01. The third kappa shape index (κ3) is 2.56. The van der Waals surface area contributed by atoms with Gasteiger partial charge in [0.2, 0.25) is 0 Å². The summed E-state index contributed by atoms with van der Waals surface area (Å²) in [7, 11) is 1.48. The van der Waals surface area contributed by atoms with Gasteiger partial charge in [-0.2, -0.15) is 5.10 Å². The van der Waals surface area contributed by atoms with Crippen molar-refractivity contribution >= 4 is 25.6 Å². The van der Waals surface area contributed by atoms with Crippen LogP contribution in [0.4, 0.5) is 0 Å². The van der Waals surface area contributed by atoms with E-state index in [-0.39, 0.29) is 22.5 Å². The lowest BCUT2D eigenvalue weighted by molar-refractivity contribution is 0.0887. The first-order valence-electron chi connectivity index (χ1n) is 6.70. The average Bonchev–Trinajstić information content (AvgIpc) is 3.04. The van der Waals surface area contributed by atoms with Gasteiger partial charge < -0.3 is 5.32 Å². The van der Waals surface area contributed by atoms with Crippen molar-refractivity contribution in [2.75, 3.05) is 0 Å². The Morgan fingerprint density at radius 2 is 2.05 bits per heavy atom. The van der Waals surface area contributed by atoms with Crippen molar-refractivity contribution in [3.8, 4) is 0 Å². The zero-order chi connectivity index (χ0) is 14.5. The van der Waals surface area contributed by atoms with Gasteiger partial charge in [-0.25, -0.2) is 8.42 Å². The predicted octanol–water partition coefficient (Wildman–Crippen LogP) is 1.74. The number of hydrogen-bond acceptors (Lipinski definition) is 4. The zero-order valence-electron chi connectivity index (χ0n) is 11.0. The van der Waals surface area contributed by atoms with Crippen LogP contribution in [0.2, 0.25) is 0 Å². The first kappa shape index (κ1) is 13.9. The Hall–Kier alpha value is -1.08. The molecule has 110 valence electrons. The van der Waals surface area contributed by atoms with E-state index in [1.165, 1.54) is 0 Å². The van der Waals surface area contributed by atoms with Gasteiger partial charge in [0, 0.05) is 22.6 Å². The number of aromatic amines is 1. The number of hydrogen-bond donors (Lipinski definition) is 2. The van der Waals surface area contributed by atoms with E-state index in [9.17, 15) is 13.2 Å². The fraction of sp³-hybridized carbons (Fsp3) is 0.667. The predicted molar refractivity (Wildman–Crippen MR) is 73.3 cm³/mol. The Labute approximate surface area is 121 Å². The molecular weight excluding hydrogens is 302 g/mol. The Kier molecular flexibility index (Phi) is 3.29. The molecule has 6 nitrogen and oxygen atoms in total. The molecule has 0 spiro atoms. The number of nitrogens with one attached hydrogen (secondary N) is 2. The first-order chi connectivity index (χ1) is 9.36. The third-order valence-electron chi connectivity index (χ3n) is 3.90.